The fraction of sp³-hybridized carbons (Fsp3) is 0.125. The van der Waals surface area contributed by atoms with Crippen molar-refractivity contribution in [3.63, 3.8) is 0 Å². The molecule has 0 bridgehead atoms. The van der Waals surface area contributed by atoms with E-state index in [1.54, 1.807) is 0 Å². The summed E-state index contributed by atoms with van der Waals surface area (Å²) >= 11 is 4.55. The molecule has 0 atom stereocenters. The van der Waals surface area contributed by atoms with Gasteiger partial charge in [-0.2, -0.15) is 0 Å². The maximum absolute atomic E-state index is 12.2. The van der Waals surface area contributed by atoms with Crippen molar-refractivity contribution in [1.29, 1.82) is 0 Å². The largest absolute Gasteiger partial charge is 0.487 e. The Bertz CT molecular complexity index is 351. The lowest BCUT2D eigenvalue weighted by Crippen LogP contribution is -2.19. The highest BCUT2D eigenvalue weighted by molar-refractivity contribution is 6.20. The van der Waals surface area contributed by atoms with Crippen molar-refractivity contribution in [2.45, 2.75) is 5.57 Å². The third-order valence-electron chi connectivity index (χ3n) is 1.36. The normalized spacial score (nSPS) is 10.9. The topological polar surface area (TPSA) is 64.4 Å². The number of nitrogens with two attached hydrogens (primary N) is 1. The van der Waals surface area contributed by atoms with Crippen LogP contribution in [0, 0.1) is 0 Å². The third-order valence-corrected chi connectivity index (χ3v) is 1.43. The van der Waals surface area contributed by atoms with E-state index in [-0.39, 0.29) is 5.75 Å². The highest BCUT2D eigenvalue weighted by Crippen LogP contribution is 2.25. The third kappa shape index (κ3) is 4.46. The predicted octanol–water partition coefficient (Wildman–Crippen LogP) is 2.35. The van der Waals surface area contributed by atoms with Crippen LogP contribution in [-0.2, 0) is 0 Å². The summed E-state index contributed by atoms with van der Waals surface area (Å²) in [4.78, 5) is 10.4. The van der Waals surface area contributed by atoms with Gasteiger partial charge in [-0.3, -0.25) is 0 Å². The zero-order valence-electron chi connectivity index (χ0n) is 7.34. The number of alkyl halides is 3. The summed E-state index contributed by atoms with van der Waals surface area (Å²) < 4.78 is 28.4. The van der Waals surface area contributed by atoms with Crippen LogP contribution < -0.4 is 15.8 Å². The van der Waals surface area contributed by atoms with E-state index >= 15 is 0 Å². The molecule has 1 aromatic rings. The zero-order chi connectivity index (χ0) is 11.5. The van der Waals surface area contributed by atoms with E-state index in [0.717, 1.165) is 0 Å². The highest BCUT2D eigenvalue weighted by atomic mass is 35.5. The maximum Gasteiger partial charge on any atom is 0.487 e. The molecule has 0 aliphatic carbocycles. The van der Waals surface area contributed by atoms with Crippen LogP contribution in [-0.4, -0.2) is 11.6 Å². The zero-order valence-corrected chi connectivity index (χ0v) is 8.09. The van der Waals surface area contributed by atoms with Gasteiger partial charge in [-0.1, -0.05) is 0 Å². The SMILES string of the molecule is NC(=O)Nc1ccc(OC(F)(F)Cl)cc1. The number of urea groups is 1. The van der Waals surface area contributed by atoms with Gasteiger partial charge in [0.05, 0.1) is 0 Å². The second-order valence-electron chi connectivity index (χ2n) is 2.56. The summed E-state index contributed by atoms with van der Waals surface area (Å²) in [6.45, 7) is 0. The lowest BCUT2D eigenvalue weighted by Gasteiger charge is -2.10. The van der Waals surface area contributed by atoms with E-state index in [2.05, 4.69) is 21.7 Å². The summed E-state index contributed by atoms with van der Waals surface area (Å²) in [7, 11) is 0. The van der Waals surface area contributed by atoms with Crippen LogP contribution in [0.1, 0.15) is 0 Å². The molecule has 0 aliphatic heterocycles. The summed E-state index contributed by atoms with van der Waals surface area (Å²) in [5.74, 6) is -0.120. The van der Waals surface area contributed by atoms with Gasteiger partial charge < -0.3 is 15.8 Å². The van der Waals surface area contributed by atoms with Crippen LogP contribution in [0.15, 0.2) is 24.3 Å². The quantitative estimate of drug-likeness (QED) is 0.791. The molecule has 0 heterocycles. The monoisotopic (exact) mass is 236 g/mol. The first-order valence-electron chi connectivity index (χ1n) is 3.79. The number of anilines is 1. The molecule has 0 fully saturated rings. The van der Waals surface area contributed by atoms with Gasteiger partial charge in [-0.25, -0.2) is 4.79 Å². The van der Waals surface area contributed by atoms with Crippen molar-refractivity contribution in [3.05, 3.63) is 24.3 Å². The van der Waals surface area contributed by atoms with Crippen molar-refractivity contribution in [3.8, 4) is 5.75 Å². The molecule has 7 heteroatoms. The van der Waals surface area contributed by atoms with Crippen molar-refractivity contribution < 1.29 is 18.3 Å². The number of carbonyl (C=O) groups is 1. The van der Waals surface area contributed by atoms with Crippen molar-refractivity contribution in [2.75, 3.05) is 5.32 Å². The Morgan fingerprint density at radius 1 is 1.40 bits per heavy atom. The van der Waals surface area contributed by atoms with Crippen LogP contribution >= 0.6 is 11.6 Å². The summed E-state index contributed by atoms with van der Waals surface area (Å²) in [5.41, 5.74) is 1.46. The van der Waals surface area contributed by atoms with Gasteiger partial charge in [-0.15, -0.1) is 8.78 Å². The number of rotatable bonds is 3. The fourth-order valence-corrected chi connectivity index (χ4v) is 0.971. The van der Waals surface area contributed by atoms with Crippen LogP contribution in [0.4, 0.5) is 19.3 Å². The van der Waals surface area contributed by atoms with Gasteiger partial charge in [-0.05, 0) is 24.3 Å². The van der Waals surface area contributed by atoms with Crippen LogP contribution in [0.3, 0.4) is 0 Å². The smallest absolute Gasteiger partial charge is 0.420 e. The molecular formula is C8H7ClF2N2O2. The number of carbonyl (C=O) groups excluding carboxylic acids is 1. The van der Waals surface area contributed by atoms with Gasteiger partial charge in [0.2, 0.25) is 0 Å². The number of halogens is 3. The number of hydrogen-bond acceptors (Lipinski definition) is 2. The number of hydrogen-bond donors (Lipinski definition) is 2. The van der Waals surface area contributed by atoms with Gasteiger partial charge in [0.1, 0.15) is 5.75 Å². The molecule has 82 valence electrons. The lowest BCUT2D eigenvalue weighted by atomic mass is 10.3. The molecule has 4 nitrogen and oxygen atoms in total. The molecule has 0 saturated heterocycles. The molecule has 0 radical (unpaired) electrons. The van der Waals surface area contributed by atoms with E-state index in [0.29, 0.717) is 5.69 Å². The Balaban J connectivity index is 2.68. The van der Waals surface area contributed by atoms with Gasteiger partial charge >= 0.3 is 11.6 Å². The molecule has 0 aromatic heterocycles. The van der Waals surface area contributed by atoms with Crippen LogP contribution in [0.2, 0.25) is 0 Å². The summed E-state index contributed by atoms with van der Waals surface area (Å²) in [6, 6.07) is 4.40. The Morgan fingerprint density at radius 2 is 1.93 bits per heavy atom. The molecule has 3 N–H and O–H groups in total. The first-order valence-corrected chi connectivity index (χ1v) is 4.17. The standard InChI is InChI=1S/C8H7ClF2N2O2/c9-8(10,11)15-6-3-1-5(2-4-6)13-7(12)14/h1-4H,(H3,12,13,14). The van der Waals surface area contributed by atoms with Gasteiger partial charge in [0.15, 0.2) is 0 Å². The molecule has 0 spiro atoms. The summed E-state index contributed by atoms with van der Waals surface area (Å²) in [5, 5.41) is 2.26. The Hall–Kier alpha value is -1.56. The number of amides is 2. The van der Waals surface area contributed by atoms with Gasteiger partial charge in [0, 0.05) is 17.3 Å². The van der Waals surface area contributed by atoms with Crippen molar-refractivity contribution in [1.82, 2.24) is 0 Å². The summed E-state index contributed by atoms with van der Waals surface area (Å²) in [6.07, 6.45) is 0. The Labute approximate surface area is 89.0 Å². The highest BCUT2D eigenvalue weighted by Gasteiger charge is 2.27. The van der Waals surface area contributed by atoms with Crippen LogP contribution in [0.5, 0.6) is 5.75 Å². The predicted molar refractivity (Wildman–Crippen MR) is 51.1 cm³/mol. The van der Waals surface area contributed by atoms with E-state index in [1.807, 2.05) is 0 Å². The molecule has 0 saturated carbocycles. The molecular weight excluding hydrogens is 230 g/mol. The molecule has 0 aliphatic rings. The van der Waals surface area contributed by atoms with Crippen molar-refractivity contribution >= 4 is 23.3 Å². The molecule has 15 heavy (non-hydrogen) atoms. The van der Waals surface area contributed by atoms with E-state index < -0.39 is 11.6 Å². The molecule has 1 rings (SSSR count). The minimum Gasteiger partial charge on any atom is -0.420 e. The van der Waals surface area contributed by atoms with Gasteiger partial charge in [0.25, 0.3) is 0 Å². The number of ether oxygens (including phenoxy) is 1. The maximum atomic E-state index is 12.2. The average molecular weight is 237 g/mol. The number of primary amides is 1. The molecule has 2 amide bonds. The first-order chi connectivity index (χ1) is 6.87. The lowest BCUT2D eigenvalue weighted by molar-refractivity contribution is -0.0964. The second-order valence-corrected chi connectivity index (χ2v) is 3.00. The van der Waals surface area contributed by atoms with E-state index in [4.69, 9.17) is 5.73 Å². The fourth-order valence-electron chi connectivity index (χ4n) is 0.882. The van der Waals surface area contributed by atoms with E-state index in [9.17, 15) is 13.6 Å². The number of nitrogens with one attached hydrogen (secondary N) is 1. The second kappa shape index (κ2) is 4.31. The van der Waals surface area contributed by atoms with E-state index in [1.165, 1.54) is 24.3 Å². The minimum atomic E-state index is -3.75. The Morgan fingerprint density at radius 3 is 2.33 bits per heavy atom. The molecule has 1 aromatic carbocycles. The van der Waals surface area contributed by atoms with Crippen molar-refractivity contribution in [2.24, 2.45) is 5.73 Å². The Kier molecular flexibility index (Phi) is 3.31. The average Bonchev–Trinajstić information content (AvgIpc) is 2.05. The molecule has 0 unspecified atom stereocenters. The first kappa shape index (κ1) is 11.5. The minimum absolute atomic E-state index is 0.120. The number of benzene rings is 1. The van der Waals surface area contributed by atoms with Crippen LogP contribution in [0.25, 0.3) is 0 Å².